The Labute approximate surface area is 135 Å². The number of nitrogens with zero attached hydrogens (tertiary/aromatic N) is 4. The Morgan fingerprint density at radius 1 is 1.17 bits per heavy atom. The van der Waals surface area contributed by atoms with Gasteiger partial charge in [0.25, 0.3) is 5.91 Å². The lowest BCUT2D eigenvalue weighted by atomic mass is 10.1. The van der Waals surface area contributed by atoms with Gasteiger partial charge in [-0.25, -0.2) is 0 Å². The highest BCUT2D eigenvalue weighted by molar-refractivity contribution is 5.96. The van der Waals surface area contributed by atoms with Crippen molar-refractivity contribution < 1.29 is 9.53 Å². The molecule has 1 aliphatic heterocycles. The number of ether oxygens (including phenoxy) is 1. The fraction of sp³-hybridized carbons (Fsp3) is 0.353. The molecule has 0 radical (unpaired) electrons. The molecule has 0 saturated carbocycles. The predicted octanol–water partition coefficient (Wildman–Crippen LogP) is 1.76. The number of piperazine rings is 1. The van der Waals surface area contributed by atoms with Gasteiger partial charge in [-0.05, 0) is 42.8 Å². The average molecular weight is 312 g/mol. The molecule has 0 N–H and O–H groups in total. The number of hydrogen-bond donors (Lipinski definition) is 0. The third-order valence-corrected chi connectivity index (χ3v) is 4.11. The van der Waals surface area contributed by atoms with Crippen molar-refractivity contribution in [2.45, 2.75) is 6.92 Å². The Balaban J connectivity index is 1.66. The highest BCUT2D eigenvalue weighted by Gasteiger charge is 2.23. The third kappa shape index (κ3) is 3.26. The molecule has 0 aliphatic carbocycles. The third-order valence-electron chi connectivity index (χ3n) is 4.11. The smallest absolute Gasteiger partial charge is 0.254 e. The number of amides is 1. The van der Waals surface area contributed by atoms with Gasteiger partial charge in [0.15, 0.2) is 5.82 Å². The first-order valence-electron chi connectivity index (χ1n) is 7.65. The second-order valence-electron chi connectivity index (χ2n) is 5.54. The van der Waals surface area contributed by atoms with E-state index in [9.17, 15) is 4.79 Å². The molecule has 1 amide bonds. The summed E-state index contributed by atoms with van der Waals surface area (Å²) >= 11 is 0. The summed E-state index contributed by atoms with van der Waals surface area (Å²) in [5.74, 6) is 1.70. The molecular formula is C17H20N4O2. The monoisotopic (exact) mass is 312 g/mol. The van der Waals surface area contributed by atoms with Gasteiger partial charge >= 0.3 is 0 Å². The molecule has 0 atom stereocenters. The number of benzene rings is 1. The lowest BCUT2D eigenvalue weighted by Gasteiger charge is -2.35. The molecule has 0 spiro atoms. The molecule has 2 aromatic rings. The maximum Gasteiger partial charge on any atom is 0.254 e. The molecule has 3 rings (SSSR count). The molecular weight excluding hydrogens is 292 g/mol. The van der Waals surface area contributed by atoms with E-state index in [0.717, 1.165) is 35.8 Å². The molecule has 23 heavy (non-hydrogen) atoms. The summed E-state index contributed by atoms with van der Waals surface area (Å²) in [6.45, 7) is 4.83. The van der Waals surface area contributed by atoms with E-state index in [1.54, 1.807) is 13.3 Å². The van der Waals surface area contributed by atoms with Crippen molar-refractivity contribution in [1.82, 2.24) is 15.1 Å². The van der Waals surface area contributed by atoms with Gasteiger partial charge < -0.3 is 14.5 Å². The summed E-state index contributed by atoms with van der Waals surface area (Å²) in [7, 11) is 1.63. The van der Waals surface area contributed by atoms with Crippen LogP contribution in [0.2, 0.25) is 0 Å². The molecule has 0 unspecified atom stereocenters. The topological polar surface area (TPSA) is 58.6 Å². The quantitative estimate of drug-likeness (QED) is 0.864. The Morgan fingerprint density at radius 2 is 1.96 bits per heavy atom. The summed E-state index contributed by atoms with van der Waals surface area (Å²) in [6.07, 6.45) is 1.66. The fourth-order valence-electron chi connectivity index (χ4n) is 2.77. The van der Waals surface area contributed by atoms with Crippen LogP contribution in [0.3, 0.4) is 0 Å². The van der Waals surface area contributed by atoms with Crippen LogP contribution in [0.25, 0.3) is 0 Å². The van der Waals surface area contributed by atoms with E-state index in [2.05, 4.69) is 15.1 Å². The summed E-state index contributed by atoms with van der Waals surface area (Å²) in [6, 6.07) is 9.38. The van der Waals surface area contributed by atoms with E-state index >= 15 is 0 Å². The minimum absolute atomic E-state index is 0.0731. The van der Waals surface area contributed by atoms with Crippen LogP contribution in [-0.2, 0) is 0 Å². The molecule has 1 aliphatic rings. The van der Waals surface area contributed by atoms with Crippen molar-refractivity contribution in [3.05, 3.63) is 47.7 Å². The van der Waals surface area contributed by atoms with Crippen LogP contribution in [0, 0.1) is 6.92 Å². The Bertz CT molecular complexity index is 682. The Hall–Kier alpha value is -2.63. The number of rotatable bonds is 3. The van der Waals surface area contributed by atoms with Crippen LogP contribution in [0.1, 0.15) is 15.9 Å². The van der Waals surface area contributed by atoms with E-state index in [1.807, 2.05) is 42.2 Å². The number of aromatic nitrogens is 2. The van der Waals surface area contributed by atoms with Crippen molar-refractivity contribution in [1.29, 1.82) is 0 Å². The first-order chi connectivity index (χ1) is 11.2. The second kappa shape index (κ2) is 6.64. The van der Waals surface area contributed by atoms with E-state index in [0.29, 0.717) is 13.1 Å². The molecule has 6 heteroatoms. The summed E-state index contributed by atoms with van der Waals surface area (Å²) in [5, 5.41) is 8.03. The van der Waals surface area contributed by atoms with Gasteiger partial charge in [0.1, 0.15) is 5.75 Å². The predicted molar refractivity (Wildman–Crippen MR) is 87.9 cm³/mol. The van der Waals surface area contributed by atoms with Gasteiger partial charge in [0, 0.05) is 37.9 Å². The molecule has 1 aromatic carbocycles. The zero-order chi connectivity index (χ0) is 16.2. The summed E-state index contributed by atoms with van der Waals surface area (Å²) < 4.78 is 5.19. The molecule has 2 heterocycles. The van der Waals surface area contributed by atoms with Gasteiger partial charge in [-0.1, -0.05) is 0 Å². The van der Waals surface area contributed by atoms with E-state index in [-0.39, 0.29) is 5.91 Å². The largest absolute Gasteiger partial charge is 0.497 e. The van der Waals surface area contributed by atoms with Crippen molar-refractivity contribution in [2.75, 3.05) is 38.2 Å². The lowest BCUT2D eigenvalue weighted by Crippen LogP contribution is -2.49. The van der Waals surface area contributed by atoms with Crippen molar-refractivity contribution in [2.24, 2.45) is 0 Å². The minimum atomic E-state index is 0.0731. The number of carbonyl (C=O) groups excluding carboxylic acids is 1. The highest BCUT2D eigenvalue weighted by Crippen LogP contribution is 2.20. The second-order valence-corrected chi connectivity index (χ2v) is 5.54. The van der Waals surface area contributed by atoms with Crippen molar-refractivity contribution >= 4 is 11.7 Å². The highest BCUT2D eigenvalue weighted by atomic mass is 16.5. The zero-order valence-electron chi connectivity index (χ0n) is 13.4. The van der Waals surface area contributed by atoms with Crippen LogP contribution in [0.5, 0.6) is 5.75 Å². The first-order valence-corrected chi connectivity index (χ1v) is 7.65. The normalized spacial score (nSPS) is 14.7. The SMILES string of the molecule is COc1ccc(C(=O)N2CCN(c3cccnn3)CC2)c(C)c1. The van der Waals surface area contributed by atoms with Crippen LogP contribution in [0.15, 0.2) is 36.5 Å². The first kappa shape index (κ1) is 15.3. The van der Waals surface area contributed by atoms with Crippen LogP contribution in [-0.4, -0.2) is 54.3 Å². The Kier molecular flexibility index (Phi) is 4.41. The van der Waals surface area contributed by atoms with Crippen molar-refractivity contribution in [3.8, 4) is 5.75 Å². The fourth-order valence-corrected chi connectivity index (χ4v) is 2.77. The standard InChI is InChI=1S/C17H20N4O2/c1-13-12-14(23-2)5-6-15(13)17(22)21-10-8-20(9-11-21)16-4-3-7-18-19-16/h3-7,12H,8-11H2,1-2H3. The van der Waals surface area contributed by atoms with Gasteiger partial charge in [0.05, 0.1) is 7.11 Å². The average Bonchev–Trinajstić information content (AvgIpc) is 2.62. The van der Waals surface area contributed by atoms with Crippen LogP contribution >= 0.6 is 0 Å². The number of methoxy groups -OCH3 is 1. The van der Waals surface area contributed by atoms with Gasteiger partial charge in [-0.3, -0.25) is 4.79 Å². The van der Waals surface area contributed by atoms with Crippen molar-refractivity contribution in [3.63, 3.8) is 0 Å². The van der Waals surface area contributed by atoms with Gasteiger partial charge in [0.2, 0.25) is 0 Å². The minimum Gasteiger partial charge on any atom is -0.497 e. The molecule has 0 bridgehead atoms. The van der Waals surface area contributed by atoms with Gasteiger partial charge in [-0.15, -0.1) is 5.10 Å². The molecule has 1 saturated heterocycles. The number of hydrogen-bond acceptors (Lipinski definition) is 5. The molecule has 1 fully saturated rings. The number of aryl methyl sites for hydroxylation is 1. The van der Waals surface area contributed by atoms with Crippen LogP contribution in [0.4, 0.5) is 5.82 Å². The van der Waals surface area contributed by atoms with E-state index in [4.69, 9.17) is 4.74 Å². The summed E-state index contributed by atoms with van der Waals surface area (Å²) in [5.41, 5.74) is 1.67. The van der Waals surface area contributed by atoms with Crippen LogP contribution < -0.4 is 9.64 Å². The maximum absolute atomic E-state index is 12.7. The van der Waals surface area contributed by atoms with E-state index < -0.39 is 0 Å². The number of carbonyl (C=O) groups is 1. The molecule has 1 aromatic heterocycles. The molecule has 120 valence electrons. The Morgan fingerprint density at radius 3 is 2.57 bits per heavy atom. The summed E-state index contributed by atoms with van der Waals surface area (Å²) in [4.78, 5) is 16.7. The number of anilines is 1. The van der Waals surface area contributed by atoms with Gasteiger partial charge in [-0.2, -0.15) is 5.10 Å². The zero-order valence-corrected chi connectivity index (χ0v) is 13.4. The van der Waals surface area contributed by atoms with E-state index in [1.165, 1.54) is 0 Å². The molecule has 6 nitrogen and oxygen atoms in total. The maximum atomic E-state index is 12.7. The lowest BCUT2D eigenvalue weighted by molar-refractivity contribution is 0.0745.